The molecule has 28 heavy (non-hydrogen) atoms. The van der Waals surface area contributed by atoms with Crippen molar-refractivity contribution in [1.82, 2.24) is 14.4 Å². The zero-order chi connectivity index (χ0) is 19.6. The Morgan fingerprint density at radius 3 is 2.71 bits per heavy atom. The topological polar surface area (TPSA) is 105 Å². The quantitative estimate of drug-likeness (QED) is 0.708. The third kappa shape index (κ3) is 3.54. The highest BCUT2D eigenvalue weighted by molar-refractivity contribution is 7.89. The molecule has 9 heteroatoms. The molecule has 0 bridgehead atoms. The predicted molar refractivity (Wildman–Crippen MR) is 102 cm³/mol. The van der Waals surface area contributed by atoms with Crippen molar-refractivity contribution in [2.75, 3.05) is 11.9 Å². The van der Waals surface area contributed by atoms with Gasteiger partial charge in [-0.15, -0.1) is 0 Å². The van der Waals surface area contributed by atoms with E-state index in [1.165, 1.54) is 22.8 Å². The van der Waals surface area contributed by atoms with E-state index in [1.54, 1.807) is 42.5 Å². The molecule has 1 amide bonds. The fourth-order valence-electron chi connectivity index (χ4n) is 3.28. The van der Waals surface area contributed by atoms with E-state index in [4.69, 9.17) is 4.52 Å². The van der Waals surface area contributed by atoms with Crippen LogP contribution in [0.25, 0.3) is 11.4 Å². The second kappa shape index (κ2) is 7.53. The van der Waals surface area contributed by atoms with E-state index in [0.717, 1.165) is 0 Å². The van der Waals surface area contributed by atoms with E-state index in [9.17, 15) is 13.2 Å². The van der Waals surface area contributed by atoms with Gasteiger partial charge in [0.05, 0.1) is 4.90 Å². The van der Waals surface area contributed by atoms with Crippen LogP contribution >= 0.6 is 0 Å². The average molecular weight is 398 g/mol. The maximum Gasteiger partial charge on any atom is 0.243 e. The molecule has 1 aliphatic rings. The highest BCUT2D eigenvalue weighted by Crippen LogP contribution is 2.27. The molecular weight excluding hydrogens is 380 g/mol. The molecule has 1 aromatic heterocycles. The molecule has 0 radical (unpaired) electrons. The van der Waals surface area contributed by atoms with Crippen LogP contribution in [-0.2, 0) is 14.8 Å². The predicted octanol–water partition coefficient (Wildman–Crippen LogP) is 2.53. The molecular formula is C19H18N4O4S. The number of hydrogen-bond acceptors (Lipinski definition) is 6. The zero-order valence-electron chi connectivity index (χ0n) is 14.9. The van der Waals surface area contributed by atoms with E-state index < -0.39 is 16.1 Å². The van der Waals surface area contributed by atoms with Crippen LogP contribution in [0.3, 0.4) is 0 Å². The fraction of sp³-hybridized carbons (Fsp3) is 0.211. The number of nitrogens with one attached hydrogen (secondary N) is 1. The molecule has 4 rings (SSSR count). The molecule has 0 spiro atoms. The van der Waals surface area contributed by atoms with E-state index in [-0.39, 0.29) is 10.8 Å². The summed E-state index contributed by atoms with van der Waals surface area (Å²) < 4.78 is 31.9. The Kier molecular flexibility index (Phi) is 4.93. The Morgan fingerprint density at radius 2 is 1.96 bits per heavy atom. The first-order valence-electron chi connectivity index (χ1n) is 8.80. The van der Waals surface area contributed by atoms with Gasteiger partial charge in [-0.2, -0.15) is 9.29 Å². The lowest BCUT2D eigenvalue weighted by Gasteiger charge is -2.23. The molecule has 1 atom stereocenters. The largest absolute Gasteiger partial charge is 0.342 e. The van der Waals surface area contributed by atoms with Crippen molar-refractivity contribution < 1.29 is 17.7 Å². The SMILES string of the molecule is O=C(Nc1cccc(-c2ncon2)c1)[C@H]1CCCN1S(=O)(=O)c1ccccc1. The lowest BCUT2D eigenvalue weighted by Crippen LogP contribution is -2.43. The highest BCUT2D eigenvalue weighted by Gasteiger charge is 2.39. The Balaban J connectivity index is 1.54. The summed E-state index contributed by atoms with van der Waals surface area (Å²) in [6.45, 7) is 0.318. The first-order valence-corrected chi connectivity index (χ1v) is 10.2. The van der Waals surface area contributed by atoms with Crippen molar-refractivity contribution >= 4 is 21.6 Å². The summed E-state index contributed by atoms with van der Waals surface area (Å²) in [4.78, 5) is 17.0. The molecule has 1 fully saturated rings. The third-order valence-corrected chi connectivity index (χ3v) is 6.53. The summed E-state index contributed by atoms with van der Waals surface area (Å²) in [5.41, 5.74) is 1.22. The van der Waals surface area contributed by atoms with Gasteiger partial charge in [0.2, 0.25) is 28.1 Å². The number of sulfonamides is 1. The average Bonchev–Trinajstić information content (AvgIpc) is 3.41. The summed E-state index contributed by atoms with van der Waals surface area (Å²) in [6, 6.07) is 14.4. The Bertz CT molecular complexity index is 1070. The number of carbonyl (C=O) groups is 1. The summed E-state index contributed by atoms with van der Waals surface area (Å²) in [5, 5.41) is 6.58. The van der Waals surface area contributed by atoms with Crippen LogP contribution in [0, 0.1) is 0 Å². The molecule has 2 heterocycles. The van der Waals surface area contributed by atoms with Gasteiger partial charge in [0.1, 0.15) is 6.04 Å². The molecule has 2 aromatic carbocycles. The number of benzene rings is 2. The lowest BCUT2D eigenvalue weighted by atomic mass is 10.1. The highest BCUT2D eigenvalue weighted by atomic mass is 32.2. The molecule has 1 saturated heterocycles. The minimum atomic E-state index is -3.73. The maximum atomic E-state index is 12.9. The zero-order valence-corrected chi connectivity index (χ0v) is 15.7. The first kappa shape index (κ1) is 18.3. The number of rotatable bonds is 5. The monoisotopic (exact) mass is 398 g/mol. The summed E-state index contributed by atoms with van der Waals surface area (Å²) in [7, 11) is -3.73. The number of amides is 1. The Labute approximate surface area is 162 Å². The van der Waals surface area contributed by atoms with Crippen molar-refractivity contribution in [3.63, 3.8) is 0 Å². The van der Waals surface area contributed by atoms with Crippen molar-refractivity contribution in [1.29, 1.82) is 0 Å². The number of carbonyl (C=O) groups excluding carboxylic acids is 1. The minimum absolute atomic E-state index is 0.189. The lowest BCUT2D eigenvalue weighted by molar-refractivity contribution is -0.119. The molecule has 0 unspecified atom stereocenters. The Morgan fingerprint density at radius 1 is 1.14 bits per heavy atom. The van der Waals surface area contributed by atoms with Crippen molar-refractivity contribution in [2.24, 2.45) is 0 Å². The molecule has 0 saturated carbocycles. The first-order chi connectivity index (χ1) is 13.6. The number of nitrogens with zero attached hydrogens (tertiary/aromatic N) is 3. The molecule has 3 aromatic rings. The van der Waals surface area contributed by atoms with Gasteiger partial charge < -0.3 is 9.84 Å². The van der Waals surface area contributed by atoms with Gasteiger partial charge in [0.15, 0.2) is 0 Å². The van der Waals surface area contributed by atoms with Crippen molar-refractivity contribution in [3.8, 4) is 11.4 Å². The second-order valence-corrected chi connectivity index (χ2v) is 8.30. The molecule has 0 aliphatic carbocycles. The van der Waals surface area contributed by atoms with Gasteiger partial charge >= 0.3 is 0 Å². The van der Waals surface area contributed by atoms with Crippen LogP contribution in [0.2, 0.25) is 0 Å². The standard InChI is InChI=1S/C19H18N4O4S/c24-19(21-15-7-4-6-14(12-15)18-20-13-27-22-18)17-10-5-11-23(17)28(25,26)16-8-2-1-3-9-16/h1-4,6-9,12-13,17H,5,10-11H2,(H,21,24)/t17-/m1/s1. The molecule has 1 N–H and O–H groups in total. The van der Waals surface area contributed by atoms with E-state index in [2.05, 4.69) is 15.5 Å². The van der Waals surface area contributed by atoms with Crippen LogP contribution < -0.4 is 5.32 Å². The smallest absolute Gasteiger partial charge is 0.243 e. The van der Waals surface area contributed by atoms with E-state index >= 15 is 0 Å². The molecule has 1 aliphatic heterocycles. The second-order valence-electron chi connectivity index (χ2n) is 6.41. The minimum Gasteiger partial charge on any atom is -0.342 e. The van der Waals surface area contributed by atoms with Gasteiger partial charge in [-0.25, -0.2) is 8.42 Å². The van der Waals surface area contributed by atoms with Crippen molar-refractivity contribution in [2.45, 2.75) is 23.8 Å². The maximum absolute atomic E-state index is 12.9. The van der Waals surface area contributed by atoms with Gasteiger partial charge in [0, 0.05) is 17.8 Å². The van der Waals surface area contributed by atoms with Gasteiger partial charge in [0.25, 0.3) is 0 Å². The van der Waals surface area contributed by atoms with E-state index in [0.29, 0.717) is 36.5 Å². The van der Waals surface area contributed by atoms with Crippen LogP contribution in [-0.4, -0.2) is 41.4 Å². The van der Waals surface area contributed by atoms with Crippen LogP contribution in [0.1, 0.15) is 12.8 Å². The third-order valence-electron chi connectivity index (χ3n) is 4.61. The van der Waals surface area contributed by atoms with Gasteiger partial charge in [-0.05, 0) is 37.1 Å². The van der Waals surface area contributed by atoms with E-state index in [1.807, 2.05) is 0 Å². The molecule has 144 valence electrons. The number of anilines is 1. The normalized spacial score (nSPS) is 17.5. The number of aromatic nitrogens is 2. The van der Waals surface area contributed by atoms with Gasteiger partial charge in [-0.3, -0.25) is 4.79 Å². The fourth-order valence-corrected chi connectivity index (χ4v) is 4.95. The van der Waals surface area contributed by atoms with Crippen LogP contribution in [0.5, 0.6) is 0 Å². The Hall–Kier alpha value is -3.04. The molecule has 8 nitrogen and oxygen atoms in total. The number of hydrogen-bond donors (Lipinski definition) is 1. The summed E-state index contributed by atoms with van der Waals surface area (Å²) in [6.07, 6.45) is 2.33. The summed E-state index contributed by atoms with van der Waals surface area (Å²) >= 11 is 0. The van der Waals surface area contributed by atoms with Crippen molar-refractivity contribution in [3.05, 3.63) is 61.0 Å². The van der Waals surface area contributed by atoms with Gasteiger partial charge in [-0.1, -0.05) is 35.5 Å². The summed E-state index contributed by atoms with van der Waals surface area (Å²) in [5.74, 6) is 0.0486. The van der Waals surface area contributed by atoms with Crippen LogP contribution in [0.15, 0.2) is 70.4 Å². The van der Waals surface area contributed by atoms with Crippen LogP contribution in [0.4, 0.5) is 5.69 Å².